The van der Waals surface area contributed by atoms with Crippen molar-refractivity contribution in [3.63, 3.8) is 0 Å². The van der Waals surface area contributed by atoms with E-state index >= 15 is 0 Å². The van der Waals surface area contributed by atoms with Gasteiger partial charge in [0.25, 0.3) is 5.91 Å². The van der Waals surface area contributed by atoms with Crippen LogP contribution in [0.15, 0.2) is 71.9 Å². The molecule has 8 nitrogen and oxygen atoms in total. The zero-order valence-corrected chi connectivity index (χ0v) is 15.7. The van der Waals surface area contributed by atoms with Gasteiger partial charge in [-0.1, -0.05) is 12.1 Å². The zero-order chi connectivity index (χ0) is 20.1. The Hall–Kier alpha value is -3.46. The molecule has 0 aliphatic rings. The minimum atomic E-state index is -3.51. The highest BCUT2D eigenvalue weighted by molar-refractivity contribution is 7.90. The predicted octanol–water partition coefficient (Wildman–Crippen LogP) is 2.07. The summed E-state index contributed by atoms with van der Waals surface area (Å²) in [5, 5.41) is 6.53. The molecule has 0 aliphatic carbocycles. The van der Waals surface area contributed by atoms with Crippen LogP contribution in [0.4, 0.5) is 5.69 Å². The van der Waals surface area contributed by atoms with E-state index in [1.165, 1.54) is 12.1 Å². The van der Waals surface area contributed by atoms with Gasteiger partial charge in [0.2, 0.25) is 0 Å². The van der Waals surface area contributed by atoms with E-state index < -0.39 is 28.3 Å². The van der Waals surface area contributed by atoms with Crippen LogP contribution in [-0.2, 0) is 19.4 Å². The first kappa shape index (κ1) is 19.3. The Labute approximate surface area is 161 Å². The second kappa shape index (κ2) is 8.05. The summed E-state index contributed by atoms with van der Waals surface area (Å²) < 4.78 is 30.1. The molecule has 0 spiro atoms. The van der Waals surface area contributed by atoms with Crippen molar-refractivity contribution in [3.05, 3.63) is 72.6 Å². The Bertz CT molecular complexity index is 1090. The van der Waals surface area contributed by atoms with Gasteiger partial charge in [-0.2, -0.15) is 5.10 Å². The van der Waals surface area contributed by atoms with E-state index in [0.29, 0.717) is 0 Å². The Morgan fingerprint density at radius 1 is 1.07 bits per heavy atom. The number of nitrogens with zero attached hydrogens (tertiary/aromatic N) is 2. The van der Waals surface area contributed by atoms with Crippen molar-refractivity contribution in [1.29, 1.82) is 0 Å². The third kappa shape index (κ3) is 4.63. The second-order valence-electron chi connectivity index (χ2n) is 5.89. The molecule has 1 aromatic heterocycles. The van der Waals surface area contributed by atoms with Crippen LogP contribution >= 0.6 is 0 Å². The number of sulfone groups is 1. The molecule has 1 amide bonds. The van der Waals surface area contributed by atoms with E-state index in [4.69, 9.17) is 4.74 Å². The molecule has 1 N–H and O–H groups in total. The van der Waals surface area contributed by atoms with Gasteiger partial charge in [0.15, 0.2) is 16.4 Å². The van der Waals surface area contributed by atoms with Crippen molar-refractivity contribution < 1.29 is 22.7 Å². The van der Waals surface area contributed by atoms with Crippen LogP contribution in [0, 0.1) is 0 Å². The van der Waals surface area contributed by atoms with Crippen molar-refractivity contribution in [1.82, 2.24) is 9.78 Å². The molecule has 144 valence electrons. The highest BCUT2D eigenvalue weighted by atomic mass is 32.2. The lowest BCUT2D eigenvalue weighted by atomic mass is 10.2. The van der Waals surface area contributed by atoms with Crippen LogP contribution in [0.1, 0.15) is 10.4 Å². The number of benzene rings is 2. The number of nitrogens with one attached hydrogen (secondary N) is 1. The standard InChI is InChI=1S/C19H17N3O5S/c1-28(25,26)17-6-3-2-5-16(17)21-18(23)13-27-19(24)14-7-9-15(10-8-14)22-12-4-11-20-22/h2-12H,13H2,1H3,(H,21,23). The quantitative estimate of drug-likeness (QED) is 0.636. The average Bonchev–Trinajstić information content (AvgIpc) is 3.20. The van der Waals surface area contributed by atoms with Gasteiger partial charge in [0.1, 0.15) is 0 Å². The number of amides is 1. The molecule has 0 atom stereocenters. The van der Waals surface area contributed by atoms with E-state index in [9.17, 15) is 18.0 Å². The first-order chi connectivity index (χ1) is 13.3. The highest BCUT2D eigenvalue weighted by Crippen LogP contribution is 2.20. The number of esters is 1. The minimum absolute atomic E-state index is 0.0103. The molecule has 28 heavy (non-hydrogen) atoms. The fraction of sp³-hybridized carbons (Fsp3) is 0.105. The molecule has 2 aromatic carbocycles. The average molecular weight is 399 g/mol. The third-order valence-corrected chi connectivity index (χ3v) is 4.92. The van der Waals surface area contributed by atoms with Gasteiger partial charge in [0, 0.05) is 18.6 Å². The Kier molecular flexibility index (Phi) is 5.55. The summed E-state index contributed by atoms with van der Waals surface area (Å²) in [5.74, 6) is -1.31. The highest BCUT2D eigenvalue weighted by Gasteiger charge is 2.16. The van der Waals surface area contributed by atoms with E-state index in [2.05, 4.69) is 10.4 Å². The monoisotopic (exact) mass is 399 g/mol. The van der Waals surface area contributed by atoms with Gasteiger partial charge in [-0.05, 0) is 42.5 Å². The van der Waals surface area contributed by atoms with Gasteiger partial charge in [-0.25, -0.2) is 17.9 Å². The maximum Gasteiger partial charge on any atom is 0.338 e. The fourth-order valence-corrected chi connectivity index (χ4v) is 3.31. The number of carbonyl (C=O) groups excluding carboxylic acids is 2. The Balaban J connectivity index is 1.60. The molecule has 3 rings (SSSR count). The number of hydrogen-bond donors (Lipinski definition) is 1. The lowest BCUT2D eigenvalue weighted by Gasteiger charge is -2.10. The first-order valence-corrected chi connectivity index (χ1v) is 10.1. The maximum absolute atomic E-state index is 12.1. The molecule has 0 aliphatic heterocycles. The van der Waals surface area contributed by atoms with E-state index in [1.54, 1.807) is 59.5 Å². The van der Waals surface area contributed by atoms with Crippen molar-refractivity contribution in [2.75, 3.05) is 18.2 Å². The molecule has 0 unspecified atom stereocenters. The van der Waals surface area contributed by atoms with E-state index in [0.717, 1.165) is 11.9 Å². The van der Waals surface area contributed by atoms with Gasteiger partial charge >= 0.3 is 5.97 Å². The van der Waals surface area contributed by atoms with Gasteiger partial charge < -0.3 is 10.1 Å². The summed E-state index contributed by atoms with van der Waals surface area (Å²) in [6.45, 7) is -0.544. The van der Waals surface area contributed by atoms with Crippen molar-refractivity contribution >= 4 is 27.4 Å². The molecule has 0 bridgehead atoms. The molecule has 0 radical (unpaired) electrons. The van der Waals surface area contributed by atoms with Gasteiger partial charge in [0.05, 0.1) is 21.8 Å². The van der Waals surface area contributed by atoms with Crippen molar-refractivity contribution in [2.45, 2.75) is 4.90 Å². The van der Waals surface area contributed by atoms with Crippen LogP contribution in [0.2, 0.25) is 0 Å². The number of carbonyl (C=O) groups is 2. The summed E-state index contributed by atoms with van der Waals surface area (Å²) in [7, 11) is -3.51. The first-order valence-electron chi connectivity index (χ1n) is 8.21. The van der Waals surface area contributed by atoms with Crippen molar-refractivity contribution in [3.8, 4) is 5.69 Å². The van der Waals surface area contributed by atoms with Crippen LogP contribution in [-0.4, -0.2) is 42.9 Å². The number of rotatable bonds is 6. The minimum Gasteiger partial charge on any atom is -0.452 e. The fourth-order valence-electron chi connectivity index (χ4n) is 2.47. The number of hydrogen-bond acceptors (Lipinski definition) is 6. The lowest BCUT2D eigenvalue weighted by molar-refractivity contribution is -0.119. The Morgan fingerprint density at radius 2 is 1.79 bits per heavy atom. The summed E-state index contributed by atoms with van der Waals surface area (Å²) in [5.41, 5.74) is 1.19. The zero-order valence-electron chi connectivity index (χ0n) is 14.9. The summed E-state index contributed by atoms with van der Waals surface area (Å²) in [6.07, 6.45) is 4.46. The van der Waals surface area contributed by atoms with Crippen LogP contribution < -0.4 is 5.32 Å². The molecular formula is C19H17N3O5S. The van der Waals surface area contributed by atoms with Crippen LogP contribution in [0.5, 0.6) is 0 Å². The molecule has 0 saturated heterocycles. The van der Waals surface area contributed by atoms with E-state index in [1.807, 2.05) is 0 Å². The topological polar surface area (TPSA) is 107 Å². The summed E-state index contributed by atoms with van der Waals surface area (Å²) in [4.78, 5) is 24.1. The maximum atomic E-state index is 12.1. The van der Waals surface area contributed by atoms with E-state index in [-0.39, 0.29) is 16.1 Å². The molecular weight excluding hydrogens is 382 g/mol. The largest absolute Gasteiger partial charge is 0.452 e. The molecule has 1 heterocycles. The van der Waals surface area contributed by atoms with Gasteiger partial charge in [-0.15, -0.1) is 0 Å². The second-order valence-corrected chi connectivity index (χ2v) is 7.87. The third-order valence-electron chi connectivity index (χ3n) is 3.77. The van der Waals surface area contributed by atoms with Crippen molar-refractivity contribution in [2.24, 2.45) is 0 Å². The molecule has 0 fully saturated rings. The summed E-state index contributed by atoms with van der Waals surface area (Å²) >= 11 is 0. The molecule has 9 heteroatoms. The lowest BCUT2D eigenvalue weighted by Crippen LogP contribution is -2.22. The Morgan fingerprint density at radius 3 is 2.43 bits per heavy atom. The smallest absolute Gasteiger partial charge is 0.338 e. The number of ether oxygens (including phenoxy) is 1. The molecule has 0 saturated carbocycles. The predicted molar refractivity (Wildman–Crippen MR) is 102 cm³/mol. The van der Waals surface area contributed by atoms with Crippen LogP contribution in [0.25, 0.3) is 5.69 Å². The normalized spacial score (nSPS) is 11.0. The number of anilines is 1. The van der Waals surface area contributed by atoms with Gasteiger partial charge in [-0.3, -0.25) is 4.79 Å². The summed E-state index contributed by atoms with van der Waals surface area (Å²) in [6, 6.07) is 14.3. The number of aromatic nitrogens is 2. The van der Waals surface area contributed by atoms with Crippen LogP contribution in [0.3, 0.4) is 0 Å². The number of para-hydroxylation sites is 1. The molecule has 3 aromatic rings. The SMILES string of the molecule is CS(=O)(=O)c1ccccc1NC(=O)COC(=O)c1ccc(-n2cccn2)cc1.